The first-order valence-electron chi connectivity index (χ1n) is 11.2. The molecule has 0 spiro atoms. The number of likely N-dealkylation sites (tertiary alicyclic amines) is 2. The van der Waals surface area contributed by atoms with Gasteiger partial charge in [-0.25, -0.2) is 0 Å². The first kappa shape index (κ1) is 20.5. The average Bonchev–Trinajstić information content (AvgIpc) is 3.29. The second-order valence-corrected chi connectivity index (χ2v) is 8.70. The molecule has 4 rings (SSSR count). The lowest BCUT2D eigenvalue weighted by molar-refractivity contribution is 0.0473. The smallest absolute Gasteiger partial charge is 0.254 e. The van der Waals surface area contributed by atoms with Gasteiger partial charge in [-0.2, -0.15) is 0 Å². The number of amides is 1. The Morgan fingerprint density at radius 1 is 1.00 bits per heavy atom. The minimum Gasteiger partial charge on any atom is -0.493 e. The van der Waals surface area contributed by atoms with Crippen LogP contribution in [-0.4, -0.2) is 72.4 Å². The van der Waals surface area contributed by atoms with Gasteiger partial charge in [0.1, 0.15) is 6.10 Å². The van der Waals surface area contributed by atoms with Crippen LogP contribution < -0.4 is 9.47 Å². The van der Waals surface area contributed by atoms with E-state index in [1.807, 2.05) is 12.1 Å². The highest BCUT2D eigenvalue weighted by molar-refractivity contribution is 5.95. The molecule has 2 heterocycles. The van der Waals surface area contributed by atoms with Gasteiger partial charge >= 0.3 is 0 Å². The molecule has 3 fully saturated rings. The summed E-state index contributed by atoms with van der Waals surface area (Å²) in [4.78, 5) is 17.2. The van der Waals surface area contributed by atoms with Gasteiger partial charge in [0.2, 0.25) is 0 Å². The van der Waals surface area contributed by atoms with Gasteiger partial charge in [0, 0.05) is 37.8 Å². The van der Waals surface area contributed by atoms with Crippen molar-refractivity contribution in [3.05, 3.63) is 23.8 Å². The van der Waals surface area contributed by atoms with Gasteiger partial charge in [0.25, 0.3) is 5.91 Å². The summed E-state index contributed by atoms with van der Waals surface area (Å²) in [5.41, 5.74) is 0.583. The van der Waals surface area contributed by atoms with Crippen LogP contribution in [0.5, 0.6) is 11.5 Å². The lowest BCUT2D eigenvalue weighted by Gasteiger charge is -2.36. The van der Waals surface area contributed by atoms with Gasteiger partial charge in [-0.15, -0.1) is 0 Å². The molecule has 29 heavy (non-hydrogen) atoms. The maximum absolute atomic E-state index is 12.8. The van der Waals surface area contributed by atoms with Crippen LogP contribution in [0.1, 0.15) is 61.7 Å². The van der Waals surface area contributed by atoms with Crippen molar-refractivity contribution >= 4 is 5.91 Å². The SMILES string of the molecule is COc1cc(C(=O)N2CCCC(O)C2)ccc1OC1CCN(C2CCCC2)CC1. The fourth-order valence-corrected chi connectivity index (χ4v) is 5.03. The molecule has 0 radical (unpaired) electrons. The van der Waals surface area contributed by atoms with Gasteiger partial charge < -0.3 is 24.4 Å². The van der Waals surface area contributed by atoms with Gasteiger partial charge in [0.05, 0.1) is 13.2 Å². The summed E-state index contributed by atoms with van der Waals surface area (Å²) in [6.07, 6.45) is 8.89. The predicted molar refractivity (Wildman–Crippen MR) is 112 cm³/mol. The van der Waals surface area contributed by atoms with Crippen LogP contribution in [0.15, 0.2) is 18.2 Å². The summed E-state index contributed by atoms with van der Waals surface area (Å²) in [6.45, 7) is 3.30. The molecule has 0 bridgehead atoms. The molecule has 1 aromatic rings. The number of hydrogen-bond acceptors (Lipinski definition) is 5. The number of aliphatic hydroxyl groups is 1. The molecule has 1 unspecified atom stereocenters. The third-order valence-electron chi connectivity index (χ3n) is 6.71. The highest BCUT2D eigenvalue weighted by atomic mass is 16.5. The summed E-state index contributed by atoms with van der Waals surface area (Å²) < 4.78 is 11.8. The molecule has 3 aliphatic rings. The number of piperidine rings is 2. The summed E-state index contributed by atoms with van der Waals surface area (Å²) in [5.74, 6) is 1.26. The van der Waals surface area contributed by atoms with Crippen molar-refractivity contribution in [1.82, 2.24) is 9.80 Å². The van der Waals surface area contributed by atoms with Crippen molar-refractivity contribution in [3.8, 4) is 11.5 Å². The van der Waals surface area contributed by atoms with E-state index in [0.717, 1.165) is 44.8 Å². The molecule has 1 atom stereocenters. The van der Waals surface area contributed by atoms with Crippen LogP contribution in [0.25, 0.3) is 0 Å². The Bertz CT molecular complexity index is 696. The number of ether oxygens (including phenoxy) is 2. The molecule has 160 valence electrons. The van der Waals surface area contributed by atoms with Gasteiger partial charge in [-0.1, -0.05) is 12.8 Å². The molecular weight excluding hydrogens is 368 g/mol. The zero-order valence-corrected chi connectivity index (χ0v) is 17.5. The Labute approximate surface area is 173 Å². The fourth-order valence-electron chi connectivity index (χ4n) is 5.03. The Balaban J connectivity index is 1.36. The molecule has 6 heteroatoms. The molecular formula is C23H34N2O4. The normalized spacial score (nSPS) is 24.6. The third-order valence-corrected chi connectivity index (χ3v) is 6.71. The number of rotatable bonds is 5. The predicted octanol–water partition coefficient (Wildman–Crippen LogP) is 3.08. The van der Waals surface area contributed by atoms with E-state index in [1.54, 1.807) is 18.1 Å². The molecule has 1 amide bonds. The van der Waals surface area contributed by atoms with E-state index >= 15 is 0 Å². The number of β-amino-alcohol motifs (C(OH)–C–C–N with tert-alkyl or cyclic N) is 1. The first-order chi connectivity index (χ1) is 14.1. The molecule has 1 aromatic carbocycles. The van der Waals surface area contributed by atoms with Crippen LogP contribution in [0.2, 0.25) is 0 Å². The van der Waals surface area contributed by atoms with Gasteiger partial charge in [0.15, 0.2) is 11.5 Å². The minimum atomic E-state index is -0.424. The van der Waals surface area contributed by atoms with Crippen molar-refractivity contribution < 1.29 is 19.4 Å². The van der Waals surface area contributed by atoms with Crippen molar-refractivity contribution in [2.24, 2.45) is 0 Å². The molecule has 2 saturated heterocycles. The summed E-state index contributed by atoms with van der Waals surface area (Å²) in [6, 6.07) is 6.22. The van der Waals surface area contributed by atoms with Crippen LogP contribution >= 0.6 is 0 Å². The van der Waals surface area contributed by atoms with Crippen LogP contribution in [0.3, 0.4) is 0 Å². The fraction of sp³-hybridized carbons (Fsp3) is 0.696. The van der Waals surface area contributed by atoms with Crippen molar-refractivity contribution in [1.29, 1.82) is 0 Å². The second-order valence-electron chi connectivity index (χ2n) is 8.70. The standard InChI is InChI=1S/C23H34N2O4/c1-28-22-15-17(23(27)25-12-4-7-19(26)16-25)8-9-21(22)29-20-10-13-24(14-11-20)18-5-2-3-6-18/h8-9,15,18-20,26H,2-7,10-14,16H2,1H3. The number of aliphatic hydroxyl groups excluding tert-OH is 1. The molecule has 1 N–H and O–H groups in total. The Morgan fingerprint density at radius 3 is 2.45 bits per heavy atom. The van der Waals surface area contributed by atoms with Crippen molar-refractivity contribution in [2.45, 2.75) is 69.6 Å². The van der Waals surface area contributed by atoms with E-state index < -0.39 is 6.10 Å². The molecule has 1 saturated carbocycles. The quantitative estimate of drug-likeness (QED) is 0.820. The number of benzene rings is 1. The topological polar surface area (TPSA) is 62.2 Å². The lowest BCUT2D eigenvalue weighted by atomic mass is 10.0. The number of nitrogens with zero attached hydrogens (tertiary/aromatic N) is 2. The number of carbonyl (C=O) groups is 1. The van der Waals surface area contributed by atoms with E-state index in [9.17, 15) is 9.90 Å². The van der Waals surface area contributed by atoms with E-state index in [0.29, 0.717) is 30.2 Å². The summed E-state index contributed by atoms with van der Waals surface area (Å²) in [7, 11) is 1.61. The van der Waals surface area contributed by atoms with E-state index in [-0.39, 0.29) is 12.0 Å². The number of methoxy groups -OCH3 is 1. The Kier molecular flexibility index (Phi) is 6.60. The second kappa shape index (κ2) is 9.35. The summed E-state index contributed by atoms with van der Waals surface area (Å²) in [5, 5.41) is 9.85. The molecule has 2 aliphatic heterocycles. The van der Waals surface area contributed by atoms with Crippen molar-refractivity contribution in [3.63, 3.8) is 0 Å². The third kappa shape index (κ3) is 4.86. The molecule has 6 nitrogen and oxygen atoms in total. The maximum Gasteiger partial charge on any atom is 0.254 e. The minimum absolute atomic E-state index is 0.0570. The van der Waals surface area contributed by atoms with E-state index in [1.165, 1.54) is 25.7 Å². The van der Waals surface area contributed by atoms with Gasteiger partial charge in [-0.3, -0.25) is 4.79 Å². The monoisotopic (exact) mass is 402 g/mol. The first-order valence-corrected chi connectivity index (χ1v) is 11.2. The van der Waals surface area contributed by atoms with E-state index in [4.69, 9.17) is 9.47 Å². The Morgan fingerprint density at radius 2 is 1.76 bits per heavy atom. The highest BCUT2D eigenvalue weighted by Gasteiger charge is 2.29. The highest BCUT2D eigenvalue weighted by Crippen LogP contribution is 2.32. The van der Waals surface area contributed by atoms with Crippen LogP contribution in [-0.2, 0) is 0 Å². The van der Waals surface area contributed by atoms with Crippen molar-refractivity contribution in [2.75, 3.05) is 33.3 Å². The molecule has 0 aromatic heterocycles. The van der Waals surface area contributed by atoms with Crippen LogP contribution in [0, 0.1) is 0 Å². The average molecular weight is 403 g/mol. The van der Waals surface area contributed by atoms with E-state index in [2.05, 4.69) is 4.90 Å². The zero-order valence-electron chi connectivity index (χ0n) is 17.5. The summed E-state index contributed by atoms with van der Waals surface area (Å²) >= 11 is 0. The maximum atomic E-state index is 12.8. The largest absolute Gasteiger partial charge is 0.493 e. The number of hydrogen-bond donors (Lipinski definition) is 1. The number of carbonyl (C=O) groups excluding carboxylic acids is 1. The molecule has 1 aliphatic carbocycles. The zero-order chi connectivity index (χ0) is 20.2. The lowest BCUT2D eigenvalue weighted by Crippen LogP contribution is -2.43. The van der Waals surface area contributed by atoms with Crippen LogP contribution in [0.4, 0.5) is 0 Å². The Hall–Kier alpha value is -1.79. The van der Waals surface area contributed by atoms with Gasteiger partial charge in [-0.05, 0) is 56.7 Å².